The predicted molar refractivity (Wildman–Crippen MR) is 74.0 cm³/mol. The first-order valence-electron chi connectivity index (χ1n) is 6.48. The molecule has 0 saturated carbocycles. The van der Waals surface area contributed by atoms with Gasteiger partial charge in [-0.05, 0) is 23.8 Å². The number of carbonyl (C=O) groups is 1. The lowest BCUT2D eigenvalue weighted by molar-refractivity contribution is 0.0982. The van der Waals surface area contributed by atoms with Crippen LogP contribution in [0.1, 0.15) is 16.1 Å². The normalized spacial score (nSPS) is 14.6. The second-order valence-corrected chi connectivity index (χ2v) is 4.62. The quantitative estimate of drug-likeness (QED) is 0.862. The summed E-state index contributed by atoms with van der Waals surface area (Å²) < 4.78 is 12.9. The van der Waals surface area contributed by atoms with Gasteiger partial charge in [-0.15, -0.1) is 0 Å². The fourth-order valence-corrected chi connectivity index (χ4v) is 2.31. The van der Waals surface area contributed by atoms with Crippen molar-refractivity contribution in [1.29, 1.82) is 0 Å². The van der Waals surface area contributed by atoms with Crippen molar-refractivity contribution in [2.75, 3.05) is 18.0 Å². The minimum Gasteiger partial charge on any atom is -0.311 e. The first-order valence-corrected chi connectivity index (χ1v) is 6.48. The number of nitrogens with zero attached hydrogens (tertiary/aromatic N) is 2. The number of rotatable bonds is 1. The van der Waals surface area contributed by atoms with Gasteiger partial charge >= 0.3 is 0 Å². The summed E-state index contributed by atoms with van der Waals surface area (Å²) in [5, 5.41) is 3.27. The molecule has 5 heteroatoms. The maximum absolute atomic E-state index is 12.9. The van der Waals surface area contributed by atoms with Gasteiger partial charge in [-0.2, -0.15) is 0 Å². The van der Waals surface area contributed by atoms with Crippen LogP contribution in [0.25, 0.3) is 0 Å². The highest BCUT2D eigenvalue weighted by molar-refractivity contribution is 6.05. The molecule has 102 valence electrons. The smallest absolute Gasteiger partial charge is 0.276 e. The zero-order chi connectivity index (χ0) is 13.9. The number of carbonyl (C=O) groups excluding carboxylic acids is 1. The van der Waals surface area contributed by atoms with Crippen molar-refractivity contribution < 1.29 is 9.18 Å². The molecule has 20 heavy (non-hydrogen) atoms. The molecule has 0 bridgehead atoms. The van der Waals surface area contributed by atoms with Crippen LogP contribution in [0.5, 0.6) is 0 Å². The van der Waals surface area contributed by atoms with Crippen LogP contribution in [0.3, 0.4) is 0 Å². The number of nitrogens with one attached hydrogen (secondary N) is 1. The summed E-state index contributed by atoms with van der Waals surface area (Å²) in [7, 11) is 0. The number of hydrogen-bond donors (Lipinski definition) is 1. The topological polar surface area (TPSA) is 45.2 Å². The number of para-hydroxylation sites is 1. The highest BCUT2D eigenvalue weighted by atomic mass is 19.1. The second-order valence-electron chi connectivity index (χ2n) is 4.62. The Labute approximate surface area is 116 Å². The van der Waals surface area contributed by atoms with Gasteiger partial charge in [-0.1, -0.05) is 18.2 Å². The zero-order valence-corrected chi connectivity index (χ0v) is 10.8. The van der Waals surface area contributed by atoms with Crippen LogP contribution in [-0.2, 0) is 6.54 Å². The number of halogens is 1. The lowest BCUT2D eigenvalue weighted by atomic mass is 10.1. The Morgan fingerprint density at radius 1 is 1.25 bits per heavy atom. The average Bonchev–Trinajstić information content (AvgIpc) is 2.69. The molecule has 0 unspecified atom stereocenters. The second kappa shape index (κ2) is 5.38. The largest absolute Gasteiger partial charge is 0.311 e. The van der Waals surface area contributed by atoms with E-state index in [-0.39, 0.29) is 11.6 Å². The lowest BCUT2D eigenvalue weighted by Crippen LogP contribution is -2.35. The molecule has 0 aliphatic carbocycles. The molecule has 2 aromatic rings. The zero-order valence-electron chi connectivity index (χ0n) is 10.8. The van der Waals surface area contributed by atoms with Gasteiger partial charge in [0.1, 0.15) is 11.5 Å². The lowest BCUT2D eigenvalue weighted by Gasteiger charge is -2.22. The number of hydrogen-bond acceptors (Lipinski definition) is 3. The van der Waals surface area contributed by atoms with Crippen LogP contribution in [0.2, 0.25) is 0 Å². The number of fused-ring (bicyclic) bond motifs is 1. The van der Waals surface area contributed by atoms with Gasteiger partial charge in [0.2, 0.25) is 0 Å². The summed E-state index contributed by atoms with van der Waals surface area (Å²) in [4.78, 5) is 18.1. The van der Waals surface area contributed by atoms with E-state index in [1.807, 2.05) is 24.3 Å². The maximum atomic E-state index is 12.9. The van der Waals surface area contributed by atoms with Crippen molar-refractivity contribution in [3.8, 4) is 0 Å². The van der Waals surface area contributed by atoms with Crippen molar-refractivity contribution >= 4 is 11.6 Å². The predicted octanol–water partition coefficient (Wildman–Crippen LogP) is 1.97. The molecule has 3 rings (SSSR count). The molecule has 0 atom stereocenters. The molecule has 1 aliphatic rings. The molecule has 1 aromatic heterocycles. The van der Waals surface area contributed by atoms with Crippen LogP contribution >= 0.6 is 0 Å². The summed E-state index contributed by atoms with van der Waals surface area (Å²) >= 11 is 0. The Balaban J connectivity index is 1.97. The number of benzene rings is 1. The van der Waals surface area contributed by atoms with Gasteiger partial charge < -0.3 is 10.2 Å². The third kappa shape index (κ3) is 2.40. The van der Waals surface area contributed by atoms with E-state index in [4.69, 9.17) is 0 Å². The van der Waals surface area contributed by atoms with E-state index in [0.29, 0.717) is 13.1 Å². The Hall–Kier alpha value is -2.27. The number of pyridine rings is 1. The molecule has 0 fully saturated rings. The fourth-order valence-electron chi connectivity index (χ4n) is 2.31. The minimum atomic E-state index is -0.445. The van der Waals surface area contributed by atoms with Crippen molar-refractivity contribution in [2.45, 2.75) is 6.54 Å². The van der Waals surface area contributed by atoms with Gasteiger partial charge in [0.25, 0.3) is 5.91 Å². The SMILES string of the molecule is O=C(c1ccc(F)cn1)N1CCNCc2ccccc21. The van der Waals surface area contributed by atoms with Gasteiger partial charge in [0.15, 0.2) is 0 Å². The molecule has 0 radical (unpaired) electrons. The number of aromatic nitrogens is 1. The van der Waals surface area contributed by atoms with Crippen molar-refractivity contribution in [2.24, 2.45) is 0 Å². The maximum Gasteiger partial charge on any atom is 0.276 e. The molecule has 0 saturated heterocycles. The minimum absolute atomic E-state index is 0.207. The van der Waals surface area contributed by atoms with Crippen LogP contribution < -0.4 is 10.2 Å². The molecule has 1 N–H and O–H groups in total. The van der Waals surface area contributed by atoms with Crippen molar-refractivity contribution in [3.05, 3.63) is 59.7 Å². The first kappa shape index (κ1) is 12.7. The number of anilines is 1. The van der Waals surface area contributed by atoms with Crippen LogP contribution in [0.15, 0.2) is 42.6 Å². The third-order valence-corrected chi connectivity index (χ3v) is 3.30. The molecular weight excluding hydrogens is 257 g/mol. The summed E-state index contributed by atoms with van der Waals surface area (Å²) in [5.74, 6) is -0.652. The molecule has 2 heterocycles. The third-order valence-electron chi connectivity index (χ3n) is 3.30. The van der Waals surface area contributed by atoms with E-state index in [1.54, 1.807) is 4.90 Å². The summed E-state index contributed by atoms with van der Waals surface area (Å²) in [6.45, 7) is 2.01. The van der Waals surface area contributed by atoms with E-state index in [2.05, 4.69) is 10.3 Å². The first-order chi connectivity index (χ1) is 9.75. The van der Waals surface area contributed by atoms with E-state index in [9.17, 15) is 9.18 Å². The summed E-state index contributed by atoms with van der Waals surface area (Å²) in [5.41, 5.74) is 2.21. The van der Waals surface area contributed by atoms with E-state index < -0.39 is 5.82 Å². The molecular formula is C15H14FN3O. The molecule has 1 aliphatic heterocycles. The standard InChI is InChI=1S/C15H14FN3O/c16-12-5-6-13(18-10-12)15(20)19-8-7-17-9-11-3-1-2-4-14(11)19/h1-6,10,17H,7-9H2. The Bertz CT molecular complexity index is 627. The van der Waals surface area contributed by atoms with Crippen LogP contribution in [-0.4, -0.2) is 24.0 Å². The van der Waals surface area contributed by atoms with Gasteiger partial charge in [-0.25, -0.2) is 9.37 Å². The van der Waals surface area contributed by atoms with E-state index in [1.165, 1.54) is 12.1 Å². The summed E-state index contributed by atoms with van der Waals surface area (Å²) in [6.07, 6.45) is 1.06. The Morgan fingerprint density at radius 2 is 2.10 bits per heavy atom. The van der Waals surface area contributed by atoms with Crippen molar-refractivity contribution in [3.63, 3.8) is 0 Å². The van der Waals surface area contributed by atoms with E-state index >= 15 is 0 Å². The molecule has 0 spiro atoms. The van der Waals surface area contributed by atoms with Gasteiger partial charge in [0.05, 0.1) is 6.20 Å². The van der Waals surface area contributed by atoms with Gasteiger partial charge in [0, 0.05) is 25.3 Å². The Kier molecular flexibility index (Phi) is 3.43. The molecule has 4 nitrogen and oxygen atoms in total. The van der Waals surface area contributed by atoms with Crippen LogP contribution in [0.4, 0.5) is 10.1 Å². The van der Waals surface area contributed by atoms with E-state index in [0.717, 1.165) is 24.0 Å². The van der Waals surface area contributed by atoms with Crippen LogP contribution in [0, 0.1) is 5.82 Å². The highest BCUT2D eigenvalue weighted by Gasteiger charge is 2.22. The molecule has 1 aromatic carbocycles. The monoisotopic (exact) mass is 271 g/mol. The number of amides is 1. The highest BCUT2D eigenvalue weighted by Crippen LogP contribution is 2.23. The Morgan fingerprint density at radius 3 is 2.90 bits per heavy atom. The average molecular weight is 271 g/mol. The van der Waals surface area contributed by atoms with Gasteiger partial charge in [-0.3, -0.25) is 4.79 Å². The fraction of sp³-hybridized carbons (Fsp3) is 0.200. The molecule has 1 amide bonds. The van der Waals surface area contributed by atoms with Crippen molar-refractivity contribution in [1.82, 2.24) is 10.3 Å². The summed E-state index contributed by atoms with van der Waals surface area (Å²) in [6, 6.07) is 10.4.